The fourth-order valence-corrected chi connectivity index (χ4v) is 3.43. The number of aromatic hydroxyl groups is 1. The van der Waals surface area contributed by atoms with E-state index >= 15 is 0 Å². The first-order chi connectivity index (χ1) is 14.1. The van der Waals surface area contributed by atoms with Crippen LogP contribution < -0.4 is 5.32 Å². The van der Waals surface area contributed by atoms with Crippen molar-refractivity contribution in [1.29, 1.82) is 0 Å². The lowest BCUT2D eigenvalue weighted by Crippen LogP contribution is -2.36. The standard InChI is InChI=1S/C20H22F3N3O4/c1-11-16(12(2)30-25-11)10-26-8-7-14(4-6-18(26)28)24-19(29)15-5-3-13(9-17(15)27)20(21,22)23/h3,5,9,14,27H,4,6-8,10H2,1-2H3,(H,24,29). The van der Waals surface area contributed by atoms with Gasteiger partial charge in [0, 0.05) is 24.6 Å². The number of hydrogen-bond donors (Lipinski definition) is 2. The number of phenols is 1. The van der Waals surface area contributed by atoms with Crippen LogP contribution in [0.1, 0.15) is 52.2 Å². The molecule has 1 aromatic carbocycles. The summed E-state index contributed by atoms with van der Waals surface area (Å²) in [6, 6.07) is 1.87. The number of benzene rings is 1. The van der Waals surface area contributed by atoms with Crippen LogP contribution in [-0.4, -0.2) is 39.6 Å². The van der Waals surface area contributed by atoms with Gasteiger partial charge in [-0.1, -0.05) is 5.16 Å². The van der Waals surface area contributed by atoms with E-state index < -0.39 is 23.4 Å². The second kappa shape index (κ2) is 8.37. The number of aromatic nitrogens is 1. The predicted molar refractivity (Wildman–Crippen MR) is 99.6 cm³/mol. The highest BCUT2D eigenvalue weighted by molar-refractivity contribution is 5.97. The van der Waals surface area contributed by atoms with Gasteiger partial charge in [0.05, 0.1) is 23.4 Å². The van der Waals surface area contributed by atoms with Crippen LogP contribution in [-0.2, 0) is 17.5 Å². The van der Waals surface area contributed by atoms with Crippen LogP contribution in [0.3, 0.4) is 0 Å². The van der Waals surface area contributed by atoms with Crippen molar-refractivity contribution < 1.29 is 32.4 Å². The number of phenolic OH excluding ortho intramolecular Hbond substituents is 1. The number of nitrogens with zero attached hydrogens (tertiary/aromatic N) is 2. The highest BCUT2D eigenvalue weighted by atomic mass is 19.4. The van der Waals surface area contributed by atoms with Crippen molar-refractivity contribution in [3.05, 3.63) is 46.3 Å². The topological polar surface area (TPSA) is 95.7 Å². The maximum Gasteiger partial charge on any atom is 0.416 e. The fourth-order valence-electron chi connectivity index (χ4n) is 3.43. The van der Waals surface area contributed by atoms with Gasteiger partial charge in [0.25, 0.3) is 5.91 Å². The van der Waals surface area contributed by atoms with E-state index in [1.807, 2.05) is 0 Å². The minimum Gasteiger partial charge on any atom is -0.507 e. The lowest BCUT2D eigenvalue weighted by atomic mass is 10.1. The molecule has 1 aliphatic rings. The Hall–Kier alpha value is -3.04. The van der Waals surface area contributed by atoms with Crippen LogP contribution in [0, 0.1) is 13.8 Å². The number of nitrogens with one attached hydrogen (secondary N) is 1. The number of hydrogen-bond acceptors (Lipinski definition) is 5. The number of alkyl halides is 3. The molecule has 3 rings (SSSR count). The number of carbonyl (C=O) groups is 2. The van der Waals surface area contributed by atoms with Gasteiger partial charge in [-0.2, -0.15) is 13.2 Å². The summed E-state index contributed by atoms with van der Waals surface area (Å²) in [6.45, 7) is 4.33. The van der Waals surface area contributed by atoms with Gasteiger partial charge in [-0.25, -0.2) is 0 Å². The number of rotatable bonds is 4. The Balaban J connectivity index is 1.64. The van der Waals surface area contributed by atoms with Crippen LogP contribution >= 0.6 is 0 Å². The molecule has 7 nitrogen and oxygen atoms in total. The van der Waals surface area contributed by atoms with Gasteiger partial charge in [0.1, 0.15) is 11.5 Å². The average molecular weight is 425 g/mol. The molecule has 2 N–H and O–H groups in total. The first kappa shape index (κ1) is 21.7. The molecule has 0 radical (unpaired) electrons. The highest BCUT2D eigenvalue weighted by Crippen LogP contribution is 2.32. The van der Waals surface area contributed by atoms with Crippen LogP contribution in [0.5, 0.6) is 5.75 Å². The second-order valence-electron chi connectivity index (χ2n) is 7.35. The molecular weight excluding hydrogens is 403 g/mol. The van der Waals surface area contributed by atoms with Crippen LogP contribution in [0.15, 0.2) is 22.7 Å². The summed E-state index contributed by atoms with van der Waals surface area (Å²) in [6.07, 6.45) is -3.53. The van der Waals surface area contributed by atoms with Crippen LogP contribution in [0.4, 0.5) is 13.2 Å². The number of carbonyl (C=O) groups excluding carboxylic acids is 2. The van der Waals surface area contributed by atoms with Crippen molar-refractivity contribution in [1.82, 2.24) is 15.4 Å². The van der Waals surface area contributed by atoms with Crippen molar-refractivity contribution in [3.63, 3.8) is 0 Å². The summed E-state index contributed by atoms with van der Waals surface area (Å²) in [5.74, 6) is -0.846. The molecule has 2 aromatic rings. The van der Waals surface area contributed by atoms with Gasteiger partial charge in [-0.3, -0.25) is 9.59 Å². The Morgan fingerprint density at radius 2 is 2.07 bits per heavy atom. The molecule has 2 amide bonds. The summed E-state index contributed by atoms with van der Waals surface area (Å²) in [5.41, 5.74) is 0.283. The minimum atomic E-state index is -4.61. The normalized spacial score (nSPS) is 17.7. The zero-order valence-electron chi connectivity index (χ0n) is 16.5. The first-order valence-electron chi connectivity index (χ1n) is 9.47. The first-order valence-corrected chi connectivity index (χ1v) is 9.47. The number of likely N-dealkylation sites (tertiary alicyclic amines) is 1. The number of aryl methyl sites for hydroxylation is 2. The summed E-state index contributed by atoms with van der Waals surface area (Å²) in [4.78, 5) is 26.6. The quantitative estimate of drug-likeness (QED) is 0.784. The molecule has 1 aliphatic heterocycles. The molecular formula is C20H22F3N3O4. The summed E-state index contributed by atoms with van der Waals surface area (Å²) >= 11 is 0. The van der Waals surface area contributed by atoms with Crippen molar-refractivity contribution in [2.45, 2.75) is 51.9 Å². The van der Waals surface area contributed by atoms with E-state index in [9.17, 15) is 27.9 Å². The Bertz CT molecular complexity index is 936. The summed E-state index contributed by atoms with van der Waals surface area (Å²) in [5, 5.41) is 16.4. The zero-order chi connectivity index (χ0) is 22.1. The van der Waals surface area contributed by atoms with Gasteiger partial charge < -0.3 is 19.8 Å². The fraction of sp³-hybridized carbons (Fsp3) is 0.450. The van der Waals surface area contributed by atoms with Crippen molar-refractivity contribution >= 4 is 11.8 Å². The van der Waals surface area contributed by atoms with Crippen LogP contribution in [0.25, 0.3) is 0 Å². The zero-order valence-corrected chi connectivity index (χ0v) is 16.5. The molecule has 162 valence electrons. The van der Waals surface area contributed by atoms with E-state index in [0.29, 0.717) is 43.5 Å². The molecule has 30 heavy (non-hydrogen) atoms. The number of halogens is 3. The minimum absolute atomic E-state index is 0.0656. The molecule has 1 atom stereocenters. The molecule has 1 aromatic heterocycles. The third-order valence-electron chi connectivity index (χ3n) is 5.24. The van der Waals surface area contributed by atoms with E-state index in [0.717, 1.165) is 17.7 Å². The van der Waals surface area contributed by atoms with E-state index in [2.05, 4.69) is 10.5 Å². The second-order valence-corrected chi connectivity index (χ2v) is 7.35. The van der Waals surface area contributed by atoms with Gasteiger partial charge in [0.2, 0.25) is 5.91 Å². The molecule has 0 spiro atoms. The maximum absolute atomic E-state index is 12.7. The number of amides is 2. The van der Waals surface area contributed by atoms with E-state index in [1.165, 1.54) is 0 Å². The molecule has 10 heteroatoms. The van der Waals surface area contributed by atoms with E-state index in [-0.39, 0.29) is 23.9 Å². The van der Waals surface area contributed by atoms with Crippen molar-refractivity contribution in [2.24, 2.45) is 0 Å². The summed E-state index contributed by atoms with van der Waals surface area (Å²) < 4.78 is 43.3. The lowest BCUT2D eigenvalue weighted by Gasteiger charge is -2.21. The Labute approximate surface area is 170 Å². The maximum atomic E-state index is 12.7. The van der Waals surface area contributed by atoms with Gasteiger partial charge in [0.15, 0.2) is 0 Å². The molecule has 1 unspecified atom stereocenters. The van der Waals surface area contributed by atoms with E-state index in [4.69, 9.17) is 4.52 Å². The molecule has 0 bridgehead atoms. The summed E-state index contributed by atoms with van der Waals surface area (Å²) in [7, 11) is 0. The van der Waals surface area contributed by atoms with Gasteiger partial charge in [-0.15, -0.1) is 0 Å². The largest absolute Gasteiger partial charge is 0.507 e. The third-order valence-corrected chi connectivity index (χ3v) is 5.24. The SMILES string of the molecule is Cc1noc(C)c1CN1CCC(NC(=O)c2ccc(C(F)(F)F)cc2O)CCC1=O. The molecule has 0 aliphatic carbocycles. The molecule has 1 saturated heterocycles. The van der Waals surface area contributed by atoms with Crippen molar-refractivity contribution in [3.8, 4) is 5.75 Å². The lowest BCUT2D eigenvalue weighted by molar-refractivity contribution is -0.137. The highest BCUT2D eigenvalue weighted by Gasteiger charge is 2.32. The predicted octanol–water partition coefficient (Wildman–Crippen LogP) is 3.33. The molecule has 0 saturated carbocycles. The van der Waals surface area contributed by atoms with Gasteiger partial charge >= 0.3 is 6.18 Å². The smallest absolute Gasteiger partial charge is 0.416 e. The third kappa shape index (κ3) is 4.74. The Morgan fingerprint density at radius 3 is 2.67 bits per heavy atom. The van der Waals surface area contributed by atoms with Crippen LogP contribution in [0.2, 0.25) is 0 Å². The molecule has 1 fully saturated rings. The Morgan fingerprint density at radius 1 is 1.33 bits per heavy atom. The van der Waals surface area contributed by atoms with Crippen molar-refractivity contribution in [2.75, 3.05) is 6.54 Å². The monoisotopic (exact) mass is 425 g/mol. The molecule has 2 heterocycles. The average Bonchev–Trinajstić information content (AvgIpc) is 2.88. The van der Waals surface area contributed by atoms with Gasteiger partial charge in [-0.05, 0) is 44.9 Å². The Kier molecular flexibility index (Phi) is 6.04. The van der Waals surface area contributed by atoms with E-state index in [1.54, 1.807) is 18.7 Å².